The first kappa shape index (κ1) is 16.5. The normalized spacial score (nSPS) is 11.2. The maximum Gasteiger partial charge on any atom is 0.0264 e. The highest BCUT2D eigenvalue weighted by Gasteiger charge is 1.90. The van der Waals surface area contributed by atoms with Crippen LogP contribution >= 0.6 is 0 Å². The van der Waals surface area contributed by atoms with E-state index < -0.39 is 0 Å². The van der Waals surface area contributed by atoms with E-state index in [9.17, 15) is 0 Å². The van der Waals surface area contributed by atoms with E-state index in [1.54, 1.807) is 0 Å². The van der Waals surface area contributed by atoms with Gasteiger partial charge in [0, 0.05) is 13.1 Å². The van der Waals surface area contributed by atoms with Gasteiger partial charge in [-0.3, -0.25) is 0 Å². The highest BCUT2D eigenvalue weighted by molar-refractivity contribution is 4.79. The van der Waals surface area contributed by atoms with Crippen LogP contribution < -0.4 is 11.1 Å². The van der Waals surface area contributed by atoms with Gasteiger partial charge in [-0.15, -0.1) is 0 Å². The second kappa shape index (κ2) is 15.5. The van der Waals surface area contributed by atoms with Gasteiger partial charge in [-0.05, 0) is 19.0 Å². The Bertz CT molecular complexity index is 155. The molecular formula is C15H32N2. The minimum absolute atomic E-state index is 0.711. The monoisotopic (exact) mass is 240 g/mol. The van der Waals surface area contributed by atoms with E-state index in [1.807, 2.05) is 6.20 Å². The molecule has 0 unspecified atom stereocenters. The fourth-order valence-electron chi connectivity index (χ4n) is 1.91. The fourth-order valence-corrected chi connectivity index (χ4v) is 1.91. The number of rotatable bonds is 13. The molecule has 0 aliphatic carbocycles. The molecule has 0 heterocycles. The number of hydrogen-bond donors (Lipinski definition) is 2. The second-order valence-electron chi connectivity index (χ2n) is 4.76. The first-order valence-electron chi connectivity index (χ1n) is 7.50. The van der Waals surface area contributed by atoms with E-state index in [4.69, 9.17) is 5.73 Å². The summed E-state index contributed by atoms with van der Waals surface area (Å²) in [5, 5.41) is 3.16. The number of allylic oxidation sites excluding steroid dienone is 1. The van der Waals surface area contributed by atoms with Crippen LogP contribution in [0.1, 0.15) is 71.1 Å². The lowest BCUT2D eigenvalue weighted by Gasteiger charge is -2.00. The maximum atomic E-state index is 5.37. The summed E-state index contributed by atoms with van der Waals surface area (Å²) in [5.74, 6) is 0. The molecular weight excluding hydrogens is 208 g/mol. The SMILES string of the molecule is CCCCCCCCCCC/C=C/NCCN. The highest BCUT2D eigenvalue weighted by atomic mass is 14.8. The minimum Gasteiger partial charge on any atom is -0.390 e. The Morgan fingerprint density at radius 2 is 1.47 bits per heavy atom. The van der Waals surface area contributed by atoms with E-state index >= 15 is 0 Å². The van der Waals surface area contributed by atoms with Crippen LogP contribution in [0.15, 0.2) is 12.3 Å². The molecule has 0 aliphatic heterocycles. The van der Waals surface area contributed by atoms with Gasteiger partial charge in [0.1, 0.15) is 0 Å². The average molecular weight is 240 g/mol. The predicted molar refractivity (Wildman–Crippen MR) is 78.0 cm³/mol. The quantitative estimate of drug-likeness (QED) is 0.478. The first-order chi connectivity index (χ1) is 8.41. The molecule has 0 fully saturated rings. The van der Waals surface area contributed by atoms with E-state index in [2.05, 4.69) is 18.3 Å². The highest BCUT2D eigenvalue weighted by Crippen LogP contribution is 2.10. The maximum absolute atomic E-state index is 5.37. The fraction of sp³-hybridized carbons (Fsp3) is 0.867. The average Bonchev–Trinajstić information content (AvgIpc) is 2.35. The summed E-state index contributed by atoms with van der Waals surface area (Å²) in [7, 11) is 0. The van der Waals surface area contributed by atoms with Crippen molar-refractivity contribution >= 4 is 0 Å². The summed E-state index contributed by atoms with van der Waals surface area (Å²) in [6, 6.07) is 0. The third-order valence-corrected chi connectivity index (χ3v) is 3.00. The zero-order valence-electron chi connectivity index (χ0n) is 11.7. The van der Waals surface area contributed by atoms with Crippen molar-refractivity contribution in [2.45, 2.75) is 71.1 Å². The van der Waals surface area contributed by atoms with Crippen molar-refractivity contribution in [3.63, 3.8) is 0 Å². The molecule has 2 heteroatoms. The van der Waals surface area contributed by atoms with E-state index in [0.29, 0.717) is 6.54 Å². The molecule has 0 aromatic heterocycles. The van der Waals surface area contributed by atoms with Crippen molar-refractivity contribution in [1.29, 1.82) is 0 Å². The van der Waals surface area contributed by atoms with Crippen LogP contribution in [0, 0.1) is 0 Å². The van der Waals surface area contributed by atoms with Crippen LogP contribution in [0.2, 0.25) is 0 Å². The largest absolute Gasteiger partial charge is 0.390 e. The molecule has 0 amide bonds. The molecule has 3 N–H and O–H groups in total. The Morgan fingerprint density at radius 3 is 2.06 bits per heavy atom. The molecule has 0 aromatic carbocycles. The van der Waals surface area contributed by atoms with Crippen LogP contribution in [0.25, 0.3) is 0 Å². The molecule has 0 aliphatic rings. The van der Waals surface area contributed by atoms with Gasteiger partial charge in [-0.2, -0.15) is 0 Å². The predicted octanol–water partition coefficient (Wildman–Crippen LogP) is 3.97. The van der Waals surface area contributed by atoms with Gasteiger partial charge in [0.25, 0.3) is 0 Å². The molecule has 17 heavy (non-hydrogen) atoms. The summed E-state index contributed by atoms with van der Waals surface area (Å²) in [4.78, 5) is 0. The van der Waals surface area contributed by atoms with Gasteiger partial charge in [0.2, 0.25) is 0 Å². The lowest BCUT2D eigenvalue weighted by Crippen LogP contribution is -2.16. The number of unbranched alkanes of at least 4 members (excludes halogenated alkanes) is 9. The summed E-state index contributed by atoms with van der Waals surface area (Å²) in [6.07, 6.45) is 18.1. The molecule has 0 spiro atoms. The van der Waals surface area contributed by atoms with Crippen LogP contribution in [0.5, 0.6) is 0 Å². The van der Waals surface area contributed by atoms with Gasteiger partial charge in [-0.25, -0.2) is 0 Å². The third kappa shape index (κ3) is 15.5. The van der Waals surface area contributed by atoms with Crippen molar-refractivity contribution in [2.75, 3.05) is 13.1 Å². The zero-order chi connectivity index (χ0) is 12.6. The van der Waals surface area contributed by atoms with Gasteiger partial charge in [0.05, 0.1) is 0 Å². The zero-order valence-corrected chi connectivity index (χ0v) is 11.7. The van der Waals surface area contributed by atoms with E-state index in [1.165, 1.54) is 64.2 Å². The lowest BCUT2D eigenvalue weighted by atomic mass is 10.1. The topological polar surface area (TPSA) is 38.0 Å². The molecule has 0 atom stereocenters. The lowest BCUT2D eigenvalue weighted by molar-refractivity contribution is 0.566. The van der Waals surface area contributed by atoms with Crippen molar-refractivity contribution in [1.82, 2.24) is 5.32 Å². The molecule has 0 rings (SSSR count). The van der Waals surface area contributed by atoms with Gasteiger partial charge < -0.3 is 11.1 Å². The molecule has 102 valence electrons. The van der Waals surface area contributed by atoms with Crippen LogP contribution in [0.4, 0.5) is 0 Å². The Morgan fingerprint density at radius 1 is 0.882 bits per heavy atom. The van der Waals surface area contributed by atoms with Gasteiger partial charge in [-0.1, -0.05) is 64.4 Å². The summed E-state index contributed by atoms with van der Waals surface area (Å²) >= 11 is 0. The van der Waals surface area contributed by atoms with E-state index in [-0.39, 0.29) is 0 Å². The van der Waals surface area contributed by atoms with Crippen molar-refractivity contribution in [3.8, 4) is 0 Å². The molecule has 0 saturated carbocycles. The summed E-state index contributed by atoms with van der Waals surface area (Å²) in [5.41, 5.74) is 5.37. The van der Waals surface area contributed by atoms with Crippen LogP contribution in [-0.4, -0.2) is 13.1 Å². The van der Waals surface area contributed by atoms with E-state index in [0.717, 1.165) is 6.54 Å². The van der Waals surface area contributed by atoms with Crippen LogP contribution in [-0.2, 0) is 0 Å². The van der Waals surface area contributed by atoms with Crippen molar-refractivity contribution in [3.05, 3.63) is 12.3 Å². The molecule has 0 bridgehead atoms. The second-order valence-corrected chi connectivity index (χ2v) is 4.76. The summed E-state index contributed by atoms with van der Waals surface area (Å²) < 4.78 is 0. The van der Waals surface area contributed by atoms with Crippen LogP contribution in [0.3, 0.4) is 0 Å². The number of hydrogen-bond acceptors (Lipinski definition) is 2. The first-order valence-corrected chi connectivity index (χ1v) is 7.50. The number of nitrogens with two attached hydrogens (primary N) is 1. The third-order valence-electron chi connectivity index (χ3n) is 3.00. The molecule has 0 aromatic rings. The van der Waals surface area contributed by atoms with Crippen molar-refractivity contribution < 1.29 is 0 Å². The van der Waals surface area contributed by atoms with Gasteiger partial charge in [0.15, 0.2) is 0 Å². The van der Waals surface area contributed by atoms with Gasteiger partial charge >= 0.3 is 0 Å². The Balaban J connectivity index is 2.96. The molecule has 0 radical (unpaired) electrons. The molecule has 2 nitrogen and oxygen atoms in total. The molecule has 0 saturated heterocycles. The Labute approximate surface area is 108 Å². The smallest absolute Gasteiger partial charge is 0.0264 e. The number of nitrogens with one attached hydrogen (secondary N) is 1. The summed E-state index contributed by atoms with van der Waals surface area (Å²) in [6.45, 7) is 3.87. The van der Waals surface area contributed by atoms with Crippen molar-refractivity contribution in [2.24, 2.45) is 5.73 Å². The Hall–Kier alpha value is -0.500. The Kier molecular flexibility index (Phi) is 15.0. The minimum atomic E-state index is 0.711. The standard InChI is InChI=1S/C15H32N2/c1-2-3-4-5-6-7-8-9-10-11-12-14-17-15-13-16/h12,14,17H,2-11,13,15-16H2,1H3/b14-12+.